The van der Waals surface area contributed by atoms with Gasteiger partial charge in [-0.25, -0.2) is 8.78 Å². The Kier molecular flexibility index (Phi) is 2.92. The van der Waals surface area contributed by atoms with Crippen molar-refractivity contribution in [3.63, 3.8) is 0 Å². The Balaban J connectivity index is 2.59. The fraction of sp³-hybridized carbons (Fsp3) is 0. The number of rotatable bonds is 1. The molecule has 0 aromatic heterocycles. The van der Waals surface area contributed by atoms with E-state index in [1.165, 1.54) is 36.4 Å². The van der Waals surface area contributed by atoms with Gasteiger partial charge in [0, 0.05) is 5.56 Å². The molecule has 0 amide bonds. The molecule has 0 aliphatic carbocycles. The van der Waals surface area contributed by atoms with Crippen LogP contribution in [0.2, 0.25) is 0 Å². The molecule has 0 spiro atoms. The SMILES string of the molecule is Oc1c(Br)cc(F)cc1-c1ccc(F)cc1. The maximum Gasteiger partial charge on any atom is 0.137 e. The van der Waals surface area contributed by atoms with Gasteiger partial charge < -0.3 is 5.11 Å². The van der Waals surface area contributed by atoms with E-state index in [1.807, 2.05) is 0 Å². The summed E-state index contributed by atoms with van der Waals surface area (Å²) in [6, 6.07) is 7.85. The largest absolute Gasteiger partial charge is 0.506 e. The molecule has 0 bridgehead atoms. The van der Waals surface area contributed by atoms with E-state index in [1.54, 1.807) is 0 Å². The number of benzene rings is 2. The predicted molar refractivity (Wildman–Crippen MR) is 61.2 cm³/mol. The molecular formula is C12H7BrF2O. The lowest BCUT2D eigenvalue weighted by Gasteiger charge is -2.06. The second-order valence-electron chi connectivity index (χ2n) is 3.29. The molecule has 0 fully saturated rings. The lowest BCUT2D eigenvalue weighted by Crippen LogP contribution is -1.84. The average molecular weight is 285 g/mol. The Morgan fingerprint density at radius 3 is 2.19 bits per heavy atom. The first-order chi connectivity index (χ1) is 7.58. The van der Waals surface area contributed by atoms with Crippen molar-refractivity contribution in [3.05, 3.63) is 52.5 Å². The van der Waals surface area contributed by atoms with Crippen LogP contribution in [0.15, 0.2) is 40.9 Å². The molecule has 0 saturated heterocycles. The van der Waals surface area contributed by atoms with Gasteiger partial charge in [0.05, 0.1) is 4.47 Å². The number of hydrogen-bond donors (Lipinski definition) is 1. The van der Waals surface area contributed by atoms with E-state index in [0.29, 0.717) is 11.1 Å². The molecule has 82 valence electrons. The standard InChI is InChI=1S/C12H7BrF2O/c13-11-6-9(15)5-10(12(11)16)7-1-3-8(14)4-2-7/h1-6,16H. The summed E-state index contributed by atoms with van der Waals surface area (Å²) in [4.78, 5) is 0. The Labute approximate surface area is 99.5 Å². The molecule has 2 aromatic rings. The molecule has 4 heteroatoms. The molecule has 16 heavy (non-hydrogen) atoms. The second-order valence-corrected chi connectivity index (χ2v) is 4.15. The Bertz CT molecular complexity index is 523. The van der Waals surface area contributed by atoms with Gasteiger partial charge in [-0.05, 0) is 45.8 Å². The monoisotopic (exact) mass is 284 g/mol. The fourth-order valence-electron chi connectivity index (χ4n) is 1.42. The highest BCUT2D eigenvalue weighted by Crippen LogP contribution is 2.36. The first-order valence-corrected chi connectivity index (χ1v) is 5.31. The smallest absolute Gasteiger partial charge is 0.137 e. The van der Waals surface area contributed by atoms with Crippen molar-refractivity contribution in [2.24, 2.45) is 0 Å². The summed E-state index contributed by atoms with van der Waals surface area (Å²) in [5.74, 6) is -0.907. The Hall–Kier alpha value is -1.42. The summed E-state index contributed by atoms with van der Waals surface area (Å²) in [6.45, 7) is 0. The van der Waals surface area contributed by atoms with Crippen molar-refractivity contribution < 1.29 is 13.9 Å². The van der Waals surface area contributed by atoms with Gasteiger partial charge in [-0.1, -0.05) is 12.1 Å². The van der Waals surface area contributed by atoms with Crippen LogP contribution >= 0.6 is 15.9 Å². The normalized spacial score (nSPS) is 10.4. The van der Waals surface area contributed by atoms with Gasteiger partial charge in [-0.2, -0.15) is 0 Å². The number of phenolic OH excluding ortho intramolecular Hbond substituents is 1. The number of hydrogen-bond acceptors (Lipinski definition) is 1. The highest BCUT2D eigenvalue weighted by Gasteiger charge is 2.10. The van der Waals surface area contributed by atoms with Gasteiger partial charge in [0.2, 0.25) is 0 Å². The minimum absolute atomic E-state index is 0.0620. The quantitative estimate of drug-likeness (QED) is 0.836. The van der Waals surface area contributed by atoms with Gasteiger partial charge in [0.25, 0.3) is 0 Å². The van der Waals surface area contributed by atoms with E-state index in [0.717, 1.165) is 0 Å². The first-order valence-electron chi connectivity index (χ1n) is 4.52. The molecule has 0 heterocycles. The van der Waals surface area contributed by atoms with Crippen molar-refractivity contribution in [2.75, 3.05) is 0 Å². The van der Waals surface area contributed by atoms with Crippen LogP contribution in [0.1, 0.15) is 0 Å². The van der Waals surface area contributed by atoms with Gasteiger partial charge in [-0.3, -0.25) is 0 Å². The summed E-state index contributed by atoms with van der Waals surface area (Å²) in [7, 11) is 0. The third-order valence-electron chi connectivity index (χ3n) is 2.18. The molecule has 0 saturated carbocycles. The summed E-state index contributed by atoms with van der Waals surface area (Å²) < 4.78 is 26.1. The molecule has 0 radical (unpaired) electrons. The van der Waals surface area contributed by atoms with Crippen molar-refractivity contribution in [2.45, 2.75) is 0 Å². The van der Waals surface area contributed by atoms with Crippen LogP contribution in [0.4, 0.5) is 8.78 Å². The number of halogens is 3. The third-order valence-corrected chi connectivity index (χ3v) is 2.79. The summed E-state index contributed by atoms with van der Waals surface area (Å²) in [6.07, 6.45) is 0. The molecule has 0 aliphatic rings. The average Bonchev–Trinajstić information content (AvgIpc) is 2.25. The lowest BCUT2D eigenvalue weighted by atomic mass is 10.0. The minimum atomic E-state index is -0.469. The van der Waals surface area contributed by atoms with E-state index < -0.39 is 5.82 Å². The molecule has 1 N–H and O–H groups in total. The van der Waals surface area contributed by atoms with E-state index in [-0.39, 0.29) is 16.0 Å². The van der Waals surface area contributed by atoms with Crippen LogP contribution in [-0.4, -0.2) is 5.11 Å². The summed E-state index contributed by atoms with van der Waals surface area (Å²) >= 11 is 3.04. The molecule has 1 nitrogen and oxygen atoms in total. The van der Waals surface area contributed by atoms with Gasteiger partial charge >= 0.3 is 0 Å². The van der Waals surface area contributed by atoms with E-state index >= 15 is 0 Å². The fourth-order valence-corrected chi connectivity index (χ4v) is 1.85. The van der Waals surface area contributed by atoms with Crippen LogP contribution in [-0.2, 0) is 0 Å². The molecule has 0 atom stereocenters. The maximum atomic E-state index is 13.2. The topological polar surface area (TPSA) is 20.2 Å². The van der Waals surface area contributed by atoms with Crippen LogP contribution in [0, 0.1) is 11.6 Å². The predicted octanol–water partition coefficient (Wildman–Crippen LogP) is 4.10. The molecular weight excluding hydrogens is 278 g/mol. The number of aromatic hydroxyl groups is 1. The number of phenols is 1. The van der Waals surface area contributed by atoms with Gasteiger partial charge in [0.1, 0.15) is 17.4 Å². The van der Waals surface area contributed by atoms with Gasteiger partial charge in [-0.15, -0.1) is 0 Å². The zero-order valence-electron chi connectivity index (χ0n) is 8.05. The van der Waals surface area contributed by atoms with Crippen LogP contribution < -0.4 is 0 Å². The first kappa shape index (κ1) is 11.1. The Morgan fingerprint density at radius 2 is 1.56 bits per heavy atom. The van der Waals surface area contributed by atoms with E-state index in [9.17, 15) is 13.9 Å². The minimum Gasteiger partial charge on any atom is -0.506 e. The summed E-state index contributed by atoms with van der Waals surface area (Å²) in [5.41, 5.74) is 0.881. The van der Waals surface area contributed by atoms with Crippen molar-refractivity contribution in [1.29, 1.82) is 0 Å². The maximum absolute atomic E-state index is 13.2. The van der Waals surface area contributed by atoms with Crippen molar-refractivity contribution >= 4 is 15.9 Å². The van der Waals surface area contributed by atoms with Crippen LogP contribution in [0.5, 0.6) is 5.75 Å². The molecule has 0 unspecified atom stereocenters. The highest BCUT2D eigenvalue weighted by atomic mass is 79.9. The summed E-state index contributed by atoms with van der Waals surface area (Å²) in [5, 5.41) is 9.74. The van der Waals surface area contributed by atoms with Crippen molar-refractivity contribution in [1.82, 2.24) is 0 Å². The van der Waals surface area contributed by atoms with E-state index in [2.05, 4.69) is 15.9 Å². The third kappa shape index (κ3) is 2.07. The highest BCUT2D eigenvalue weighted by molar-refractivity contribution is 9.10. The van der Waals surface area contributed by atoms with Gasteiger partial charge in [0.15, 0.2) is 0 Å². The van der Waals surface area contributed by atoms with E-state index in [4.69, 9.17) is 0 Å². The lowest BCUT2D eigenvalue weighted by molar-refractivity contribution is 0.471. The zero-order valence-corrected chi connectivity index (χ0v) is 9.63. The molecule has 0 aliphatic heterocycles. The van der Waals surface area contributed by atoms with Crippen molar-refractivity contribution in [3.8, 4) is 16.9 Å². The molecule has 2 rings (SSSR count). The molecule has 2 aromatic carbocycles. The van der Waals surface area contributed by atoms with Crippen LogP contribution in [0.25, 0.3) is 11.1 Å². The van der Waals surface area contributed by atoms with Crippen LogP contribution in [0.3, 0.4) is 0 Å². The Morgan fingerprint density at radius 1 is 0.938 bits per heavy atom. The zero-order chi connectivity index (χ0) is 11.7. The second kappa shape index (κ2) is 4.22.